The number of halogens is 4. The zero-order chi connectivity index (χ0) is 25.9. The molecule has 2 heterocycles. The van der Waals surface area contributed by atoms with Gasteiger partial charge in [-0.05, 0) is 35.8 Å². The van der Waals surface area contributed by atoms with Gasteiger partial charge in [0.25, 0.3) is 0 Å². The van der Waals surface area contributed by atoms with Crippen LogP contribution in [-0.2, 0) is 21.1 Å². The number of nitrogens with zero attached hydrogens (tertiary/aromatic N) is 2. The number of hydroxylamine groups is 1. The van der Waals surface area contributed by atoms with Gasteiger partial charge in [0.05, 0.1) is 18.2 Å². The maximum Gasteiger partial charge on any atom is 0.202 e. The lowest BCUT2D eigenvalue weighted by atomic mass is 10.1. The smallest absolute Gasteiger partial charge is 0.202 e. The minimum absolute atomic E-state index is 0.135. The topological polar surface area (TPSA) is 86.1 Å². The first-order valence-corrected chi connectivity index (χ1v) is 11.4. The number of hydrogen-bond acceptors (Lipinski definition) is 7. The van der Waals surface area contributed by atoms with E-state index in [0.717, 1.165) is 22.8 Å². The summed E-state index contributed by atoms with van der Waals surface area (Å²) in [5, 5.41) is 3.84. The lowest BCUT2D eigenvalue weighted by Crippen LogP contribution is -2.21. The summed E-state index contributed by atoms with van der Waals surface area (Å²) in [6, 6.07) is 12.4. The Labute approximate surface area is 210 Å². The van der Waals surface area contributed by atoms with Gasteiger partial charge in [-0.3, -0.25) is 0 Å². The van der Waals surface area contributed by atoms with Gasteiger partial charge in [0.1, 0.15) is 25.4 Å². The molecule has 3 aromatic rings. The highest BCUT2D eigenvalue weighted by Gasteiger charge is 2.24. The number of likely N-dealkylation sites (N-methyl/N-ethyl adjacent to an activating group) is 1. The van der Waals surface area contributed by atoms with Gasteiger partial charge < -0.3 is 19.4 Å². The van der Waals surface area contributed by atoms with Gasteiger partial charge in [-0.2, -0.15) is 4.94 Å². The summed E-state index contributed by atoms with van der Waals surface area (Å²) in [5.74, 6) is 0.734. The number of amidine groups is 1. The van der Waals surface area contributed by atoms with Crippen LogP contribution < -0.4 is 15.5 Å². The number of aldehydes is 1. The van der Waals surface area contributed by atoms with Gasteiger partial charge in [0, 0.05) is 34.8 Å². The van der Waals surface area contributed by atoms with Crippen molar-refractivity contribution in [3.05, 3.63) is 64.8 Å². The van der Waals surface area contributed by atoms with Crippen LogP contribution in [0.2, 0.25) is 5.02 Å². The molecule has 1 aromatic heterocycles. The Morgan fingerprint density at radius 3 is 2.72 bits per heavy atom. The van der Waals surface area contributed by atoms with Crippen LogP contribution in [-0.4, -0.2) is 56.3 Å². The number of nitrogens with one attached hydrogen (secondary N) is 2. The predicted molar refractivity (Wildman–Crippen MR) is 130 cm³/mol. The van der Waals surface area contributed by atoms with Crippen molar-refractivity contribution in [2.75, 3.05) is 33.5 Å². The van der Waals surface area contributed by atoms with Crippen LogP contribution in [0.1, 0.15) is 17.4 Å². The number of ether oxygens (including phenoxy) is 1. The Bertz CT molecular complexity index is 1170. The largest absolute Gasteiger partial charge is 0.483 e. The van der Waals surface area contributed by atoms with Crippen LogP contribution in [0.25, 0.3) is 10.9 Å². The van der Waals surface area contributed by atoms with Crippen molar-refractivity contribution in [2.45, 2.75) is 18.9 Å². The number of alkyl halides is 2. The van der Waals surface area contributed by atoms with Crippen LogP contribution in [0.4, 0.5) is 13.3 Å². The van der Waals surface area contributed by atoms with Crippen LogP contribution in [0.15, 0.2) is 53.7 Å². The zero-order valence-corrected chi connectivity index (χ0v) is 20.2. The van der Waals surface area contributed by atoms with E-state index in [1.54, 1.807) is 19.2 Å². The first-order valence-electron chi connectivity index (χ1n) is 11.0. The monoisotopic (exact) mass is 526 g/mol. The standard InChI is InChI=1S/C21H18ClF2N3O3.C3H8FNO/c22-17-10-13(4-5-19(17)29-14(11-23)12-24)21-25-20(26-30-21)16-2-1-3-18-15(16)6-7-27(18)8-9-28;1-5-2-3-6-4/h1-7,9-10,14,21H,8,11-12H2,(H,25,26);5H,2-3H2,1H3. The highest BCUT2D eigenvalue weighted by molar-refractivity contribution is 6.32. The summed E-state index contributed by atoms with van der Waals surface area (Å²) in [7, 11) is 1.74. The number of carbonyl (C=O) groups is 1. The molecule has 36 heavy (non-hydrogen) atoms. The molecule has 1 aliphatic heterocycles. The lowest BCUT2D eigenvalue weighted by molar-refractivity contribution is -0.129. The molecule has 8 nitrogen and oxygen atoms in total. The molecule has 194 valence electrons. The number of carbonyl (C=O) groups excluding carboxylic acids is 1. The summed E-state index contributed by atoms with van der Waals surface area (Å²) in [4.78, 5) is 24.3. The summed E-state index contributed by atoms with van der Waals surface area (Å²) in [6.07, 6.45) is 0.847. The fourth-order valence-corrected chi connectivity index (χ4v) is 3.64. The van der Waals surface area contributed by atoms with Crippen molar-refractivity contribution in [1.82, 2.24) is 15.4 Å². The average Bonchev–Trinajstić information content (AvgIpc) is 3.55. The van der Waals surface area contributed by atoms with Crippen LogP contribution >= 0.6 is 11.6 Å². The molecule has 0 radical (unpaired) electrons. The molecule has 1 atom stereocenters. The van der Waals surface area contributed by atoms with Crippen LogP contribution in [0.3, 0.4) is 0 Å². The number of aliphatic imine (C=N–C) groups is 1. The Morgan fingerprint density at radius 1 is 1.28 bits per heavy atom. The van der Waals surface area contributed by atoms with E-state index in [2.05, 4.69) is 20.7 Å². The van der Waals surface area contributed by atoms with E-state index in [1.165, 1.54) is 6.07 Å². The van der Waals surface area contributed by atoms with Crippen LogP contribution in [0.5, 0.6) is 5.75 Å². The van der Waals surface area contributed by atoms with E-state index in [4.69, 9.17) is 21.2 Å². The molecule has 0 bridgehead atoms. The normalized spacial score (nSPS) is 14.8. The van der Waals surface area contributed by atoms with Gasteiger partial charge in [-0.25, -0.2) is 24.1 Å². The van der Waals surface area contributed by atoms with Crippen molar-refractivity contribution in [3.8, 4) is 5.75 Å². The first kappa shape index (κ1) is 27.5. The van der Waals surface area contributed by atoms with Crippen molar-refractivity contribution in [2.24, 2.45) is 4.99 Å². The number of benzene rings is 2. The Balaban J connectivity index is 0.000000538. The summed E-state index contributed by atoms with van der Waals surface area (Å²) in [6.45, 7) is -0.923. The number of rotatable bonds is 11. The molecule has 0 saturated heterocycles. The number of fused-ring (bicyclic) bond motifs is 1. The first-order chi connectivity index (χ1) is 17.6. The second kappa shape index (κ2) is 13.8. The van der Waals surface area contributed by atoms with Crippen molar-refractivity contribution in [3.63, 3.8) is 0 Å². The van der Waals surface area contributed by atoms with Gasteiger partial charge in [-0.1, -0.05) is 29.8 Å². The number of hydrogen-bond donors (Lipinski definition) is 2. The van der Waals surface area contributed by atoms with E-state index < -0.39 is 25.7 Å². The average molecular weight is 527 g/mol. The maximum atomic E-state index is 12.7. The maximum absolute atomic E-state index is 12.7. The van der Waals surface area contributed by atoms with Crippen molar-refractivity contribution < 1.29 is 32.6 Å². The van der Waals surface area contributed by atoms with E-state index in [1.807, 2.05) is 35.0 Å². The molecule has 1 aliphatic rings. The Hall–Kier alpha value is -3.12. The van der Waals surface area contributed by atoms with E-state index in [0.29, 0.717) is 17.9 Å². The molecule has 0 spiro atoms. The molecule has 0 fully saturated rings. The second-order valence-corrected chi connectivity index (χ2v) is 7.99. The molecule has 2 aromatic carbocycles. The van der Waals surface area contributed by atoms with E-state index in [-0.39, 0.29) is 23.9 Å². The van der Waals surface area contributed by atoms with Gasteiger partial charge >= 0.3 is 0 Å². The molecule has 12 heteroatoms. The third kappa shape index (κ3) is 6.76. The summed E-state index contributed by atoms with van der Waals surface area (Å²) >= 11 is 6.20. The second-order valence-electron chi connectivity index (χ2n) is 7.58. The lowest BCUT2D eigenvalue weighted by Gasteiger charge is -2.15. The SMILES string of the molecule is CNCCOF.O=CCn1ccc2c(C3=NC(c4ccc(OC(CF)CF)c(Cl)c4)ON3)cccc21. The predicted octanol–water partition coefficient (Wildman–Crippen LogP) is 4.27. The van der Waals surface area contributed by atoms with Crippen LogP contribution in [0, 0.1) is 0 Å². The van der Waals surface area contributed by atoms with Gasteiger partial charge in [0.15, 0.2) is 11.9 Å². The third-order valence-electron chi connectivity index (χ3n) is 5.16. The highest BCUT2D eigenvalue weighted by atomic mass is 35.5. The molecule has 2 N–H and O–H groups in total. The molecule has 0 aliphatic carbocycles. The fraction of sp³-hybridized carbons (Fsp3) is 0.333. The van der Waals surface area contributed by atoms with Crippen molar-refractivity contribution >= 4 is 34.6 Å². The minimum Gasteiger partial charge on any atom is -0.483 e. The quantitative estimate of drug-likeness (QED) is 0.287. The Kier molecular flexibility index (Phi) is 10.6. The molecule has 0 amide bonds. The molecule has 4 rings (SSSR count). The summed E-state index contributed by atoms with van der Waals surface area (Å²) in [5.41, 5.74) is 5.23. The van der Waals surface area contributed by atoms with E-state index >= 15 is 0 Å². The molecular formula is C24H26ClF3N4O4. The zero-order valence-electron chi connectivity index (χ0n) is 19.4. The molecular weight excluding hydrogens is 501 g/mol. The van der Waals surface area contributed by atoms with Crippen molar-refractivity contribution in [1.29, 1.82) is 0 Å². The highest BCUT2D eigenvalue weighted by Crippen LogP contribution is 2.32. The fourth-order valence-electron chi connectivity index (χ4n) is 3.41. The summed E-state index contributed by atoms with van der Waals surface area (Å²) < 4.78 is 43.1. The number of aromatic nitrogens is 1. The molecule has 0 saturated carbocycles. The molecule has 1 unspecified atom stereocenters. The van der Waals surface area contributed by atoms with Gasteiger partial charge in [0.2, 0.25) is 6.23 Å². The minimum atomic E-state index is -1.19. The van der Waals surface area contributed by atoms with E-state index in [9.17, 15) is 18.1 Å². The third-order valence-corrected chi connectivity index (χ3v) is 5.46. The Morgan fingerprint density at radius 2 is 2.08 bits per heavy atom. The van der Waals surface area contributed by atoms with Gasteiger partial charge in [-0.15, -0.1) is 0 Å².